The van der Waals surface area contributed by atoms with Crippen LogP contribution in [-0.2, 0) is 16.0 Å². The number of carbonyl (C=O) groups is 2. The van der Waals surface area contributed by atoms with Gasteiger partial charge in [-0.3, -0.25) is 4.79 Å². The molecule has 0 spiro atoms. The zero-order chi connectivity index (χ0) is 30.5. The average Bonchev–Trinajstić information content (AvgIpc) is 3.69. The highest BCUT2D eigenvalue weighted by Crippen LogP contribution is 2.71. The number of thiol groups is 1. The van der Waals surface area contributed by atoms with Gasteiger partial charge in [-0.1, -0.05) is 39.0 Å². The fourth-order valence-corrected chi connectivity index (χ4v) is 9.51. The lowest BCUT2D eigenvalue weighted by Crippen LogP contribution is -2.69. The standard InChI is InChI=1S/C33H32F2N2O5S/c1-18-12-21-22-13-24(34)23-14-25-19(17-36-37(25)20-8-5-4-6-9-20)15-30(23,2)32(22,35)27(38)16-31(21,3)33(18,29(40)43)42-28(39)26-10-7-11-41-26/h4-11,13-14,17-18,21-22,27,38H,12,15-16H2,1-3H3,(H,40,43)/t18-,21?,22?,27+,30+,31+,32+,33+/m1/s1. The number of alkyl halides is 1. The second-order valence-corrected chi connectivity index (χ2v) is 13.4. The lowest BCUT2D eigenvalue weighted by Gasteiger charge is -2.62. The van der Waals surface area contributed by atoms with Gasteiger partial charge in [-0.05, 0) is 72.7 Å². The normalized spacial score (nSPS) is 37.7. The van der Waals surface area contributed by atoms with E-state index in [2.05, 4.69) is 17.7 Å². The molecule has 2 aromatic heterocycles. The number of carbonyl (C=O) groups excluding carboxylic acids is 2. The maximum atomic E-state index is 18.0. The Bertz CT molecular complexity index is 1700. The van der Waals surface area contributed by atoms with E-state index in [1.807, 2.05) is 30.3 Å². The predicted molar refractivity (Wildman–Crippen MR) is 157 cm³/mol. The number of nitrogens with zero attached hydrogens (tertiary/aromatic N) is 2. The van der Waals surface area contributed by atoms with Crippen LogP contribution in [0.2, 0.25) is 0 Å². The maximum absolute atomic E-state index is 18.0. The summed E-state index contributed by atoms with van der Waals surface area (Å²) >= 11 is 4.19. The van der Waals surface area contributed by atoms with Crippen LogP contribution in [0, 0.1) is 28.6 Å². The highest BCUT2D eigenvalue weighted by molar-refractivity contribution is 7.96. The van der Waals surface area contributed by atoms with Crippen molar-refractivity contribution >= 4 is 29.8 Å². The summed E-state index contributed by atoms with van der Waals surface area (Å²) in [5, 5.41) is 15.7. The van der Waals surface area contributed by atoms with Gasteiger partial charge in [-0.2, -0.15) is 5.10 Å². The molecule has 3 aromatic rings. The third-order valence-electron chi connectivity index (χ3n) is 11.0. The molecule has 7 rings (SSSR count). The van der Waals surface area contributed by atoms with Gasteiger partial charge >= 0.3 is 5.97 Å². The molecular weight excluding hydrogens is 574 g/mol. The average molecular weight is 607 g/mol. The Morgan fingerprint density at radius 1 is 1.19 bits per heavy atom. The molecule has 10 heteroatoms. The number of allylic oxidation sites excluding steroid dienone is 3. The van der Waals surface area contributed by atoms with Crippen LogP contribution in [0.4, 0.5) is 8.78 Å². The van der Waals surface area contributed by atoms with Gasteiger partial charge < -0.3 is 14.3 Å². The molecule has 8 atom stereocenters. The molecule has 1 N–H and O–H groups in total. The first-order chi connectivity index (χ1) is 20.4. The number of rotatable bonds is 4. The second-order valence-electron chi connectivity index (χ2n) is 13.0. The number of fused-ring (bicyclic) bond motifs is 6. The maximum Gasteiger partial charge on any atom is 0.375 e. The number of aromatic nitrogens is 2. The molecule has 2 unspecified atom stereocenters. The summed E-state index contributed by atoms with van der Waals surface area (Å²) in [7, 11) is 0. The first-order valence-corrected chi connectivity index (χ1v) is 14.9. The summed E-state index contributed by atoms with van der Waals surface area (Å²) < 4.78 is 47.3. The van der Waals surface area contributed by atoms with E-state index in [4.69, 9.17) is 9.15 Å². The summed E-state index contributed by atoms with van der Waals surface area (Å²) in [5.41, 5.74) is -4.39. The lowest BCUT2D eigenvalue weighted by molar-refractivity contribution is -0.208. The van der Waals surface area contributed by atoms with Crippen LogP contribution in [0.15, 0.2) is 76.8 Å². The van der Waals surface area contributed by atoms with E-state index >= 15 is 8.78 Å². The van der Waals surface area contributed by atoms with Crippen molar-refractivity contribution < 1.29 is 32.6 Å². The van der Waals surface area contributed by atoms with Crippen molar-refractivity contribution in [2.24, 2.45) is 28.6 Å². The minimum Gasteiger partial charge on any atom is -0.457 e. The van der Waals surface area contributed by atoms with E-state index in [1.165, 1.54) is 24.5 Å². The molecule has 0 amide bonds. The molecule has 43 heavy (non-hydrogen) atoms. The Hall–Kier alpha value is -3.50. The molecule has 2 fully saturated rings. The molecule has 0 bridgehead atoms. The highest BCUT2D eigenvalue weighted by atomic mass is 32.1. The monoisotopic (exact) mass is 606 g/mol. The number of esters is 1. The van der Waals surface area contributed by atoms with Crippen molar-refractivity contribution in [3.05, 3.63) is 89.4 Å². The molecule has 7 nitrogen and oxygen atoms in total. The fraction of sp³-hybridized carbons (Fsp3) is 0.424. The van der Waals surface area contributed by atoms with Crippen molar-refractivity contribution in [1.29, 1.82) is 0 Å². The molecule has 0 aliphatic heterocycles. The molecule has 2 saturated carbocycles. The van der Waals surface area contributed by atoms with Crippen LogP contribution in [0.3, 0.4) is 0 Å². The van der Waals surface area contributed by atoms with Crippen molar-refractivity contribution in [3.63, 3.8) is 0 Å². The topological polar surface area (TPSA) is 94.6 Å². The Kier molecular flexibility index (Phi) is 6.08. The zero-order valence-electron chi connectivity index (χ0n) is 24.0. The van der Waals surface area contributed by atoms with Crippen LogP contribution in [0.1, 0.15) is 55.4 Å². The van der Waals surface area contributed by atoms with Gasteiger partial charge in [-0.15, -0.1) is 12.6 Å². The van der Waals surface area contributed by atoms with E-state index in [0.717, 1.165) is 11.3 Å². The van der Waals surface area contributed by atoms with Gasteiger partial charge in [-0.25, -0.2) is 18.3 Å². The molecular formula is C33H32F2N2O5S. The number of benzene rings is 1. The Morgan fingerprint density at radius 3 is 2.60 bits per heavy atom. The molecule has 4 aliphatic carbocycles. The summed E-state index contributed by atoms with van der Waals surface area (Å²) in [6.07, 6.45) is 4.48. The van der Waals surface area contributed by atoms with Crippen molar-refractivity contribution in [3.8, 4) is 5.69 Å². The number of hydrogen-bond acceptors (Lipinski definition) is 6. The summed E-state index contributed by atoms with van der Waals surface area (Å²) in [4.78, 5) is 26.5. The Morgan fingerprint density at radius 2 is 1.93 bits per heavy atom. The van der Waals surface area contributed by atoms with Crippen LogP contribution in [-0.4, -0.2) is 43.3 Å². The lowest BCUT2D eigenvalue weighted by atomic mass is 9.45. The Balaban J connectivity index is 1.34. The van der Waals surface area contributed by atoms with Gasteiger partial charge in [0.2, 0.25) is 10.9 Å². The largest absolute Gasteiger partial charge is 0.457 e. The smallest absolute Gasteiger partial charge is 0.375 e. The zero-order valence-corrected chi connectivity index (χ0v) is 24.9. The number of furan rings is 1. The van der Waals surface area contributed by atoms with Crippen LogP contribution < -0.4 is 0 Å². The SMILES string of the molecule is C[C@@H]1CC2C3C=C(F)C4=Cc5c(cnn5-c5ccccc5)C[C@]4(C)[C@@]3(F)[C@@H](O)C[C@]2(C)[C@@]1(OC(=O)c1ccco1)C(=O)S. The third-order valence-corrected chi connectivity index (χ3v) is 11.4. The van der Waals surface area contributed by atoms with Gasteiger partial charge in [0.1, 0.15) is 5.83 Å². The van der Waals surface area contributed by atoms with Gasteiger partial charge in [0, 0.05) is 22.7 Å². The van der Waals surface area contributed by atoms with E-state index in [1.54, 1.807) is 37.7 Å². The number of ether oxygens (including phenoxy) is 1. The summed E-state index contributed by atoms with van der Waals surface area (Å²) in [5.74, 6) is -3.86. The number of hydrogen-bond donors (Lipinski definition) is 2. The van der Waals surface area contributed by atoms with Gasteiger partial charge in [0.25, 0.3) is 0 Å². The molecule has 0 radical (unpaired) electrons. The van der Waals surface area contributed by atoms with E-state index in [-0.39, 0.29) is 30.6 Å². The number of aliphatic hydroxyl groups excluding tert-OH is 1. The predicted octanol–water partition coefficient (Wildman–Crippen LogP) is 6.08. The number of aliphatic hydroxyl groups is 1. The second kappa shape index (κ2) is 9.25. The van der Waals surface area contributed by atoms with Gasteiger partial charge in [0.15, 0.2) is 11.3 Å². The molecule has 1 aromatic carbocycles. The number of para-hydroxylation sites is 1. The fourth-order valence-electron chi connectivity index (χ4n) is 8.99. The molecule has 4 aliphatic rings. The van der Waals surface area contributed by atoms with E-state index in [9.17, 15) is 14.7 Å². The van der Waals surface area contributed by atoms with Crippen LogP contribution in [0.25, 0.3) is 11.8 Å². The minimum atomic E-state index is -2.29. The van der Waals surface area contributed by atoms with E-state index < -0.39 is 62.9 Å². The van der Waals surface area contributed by atoms with Crippen molar-refractivity contribution in [2.75, 3.05) is 0 Å². The van der Waals surface area contributed by atoms with Crippen molar-refractivity contribution in [1.82, 2.24) is 9.78 Å². The van der Waals surface area contributed by atoms with Gasteiger partial charge in [0.05, 0.1) is 29.9 Å². The summed E-state index contributed by atoms with van der Waals surface area (Å²) in [6, 6.07) is 12.4. The first-order valence-electron chi connectivity index (χ1n) is 14.5. The molecule has 224 valence electrons. The summed E-state index contributed by atoms with van der Waals surface area (Å²) in [6.45, 7) is 5.13. The van der Waals surface area contributed by atoms with E-state index in [0.29, 0.717) is 5.69 Å². The highest BCUT2D eigenvalue weighted by Gasteiger charge is 2.77. The molecule has 0 saturated heterocycles. The first kappa shape index (κ1) is 28.3. The quantitative estimate of drug-likeness (QED) is 0.276. The van der Waals surface area contributed by atoms with Crippen molar-refractivity contribution in [2.45, 2.75) is 57.4 Å². The van der Waals surface area contributed by atoms with Crippen LogP contribution in [0.5, 0.6) is 0 Å². The third kappa shape index (κ3) is 3.47. The van der Waals surface area contributed by atoms with Crippen LogP contribution >= 0.6 is 12.6 Å². The Labute approximate surface area is 253 Å². The molecule has 2 heterocycles. The minimum absolute atomic E-state index is 0.0932. The number of halogens is 2.